The molecule has 3 rings (SSSR count). The van der Waals surface area contributed by atoms with Crippen LogP contribution in [0.1, 0.15) is 19.4 Å². The molecule has 0 bridgehead atoms. The fourth-order valence-corrected chi connectivity index (χ4v) is 3.90. The Bertz CT molecular complexity index is 918. The molecule has 0 aromatic heterocycles. The zero-order valence-corrected chi connectivity index (χ0v) is 16.9. The Labute approximate surface area is 160 Å². The zero-order chi connectivity index (χ0) is 17.9. The van der Waals surface area contributed by atoms with Gasteiger partial charge in [0.2, 0.25) is 5.78 Å². The molecule has 0 saturated carbocycles. The van der Waals surface area contributed by atoms with Crippen LogP contribution in [0, 0.1) is 0 Å². The quantitative estimate of drug-likeness (QED) is 0.483. The van der Waals surface area contributed by atoms with Gasteiger partial charge in [-0.15, -0.1) is 0 Å². The minimum atomic E-state index is -4.93. The Morgan fingerprint density at radius 3 is 2.46 bits per heavy atom. The summed E-state index contributed by atoms with van der Waals surface area (Å²) < 4.78 is 15.4. The number of nitrogens with zero attached hydrogens (tertiary/aromatic N) is 1. The van der Waals surface area contributed by atoms with E-state index >= 15 is 0 Å². The van der Waals surface area contributed by atoms with Gasteiger partial charge in [-0.2, -0.15) is 0 Å². The van der Waals surface area contributed by atoms with E-state index in [-0.39, 0.29) is 28.1 Å². The monoisotopic (exact) mass is 422 g/mol. The number of rotatable bonds is 2. The number of Topliss-reactive ketones (excluding diaryl/α,β-unsaturated/α-hetero) is 1. The maximum Gasteiger partial charge on any atom is 0.317 e. The first-order valence-corrected chi connectivity index (χ1v) is 9.05. The fourth-order valence-electron chi connectivity index (χ4n) is 2.84. The number of benzene rings is 1. The molecule has 26 heavy (non-hydrogen) atoms. The van der Waals surface area contributed by atoms with Gasteiger partial charge in [-0.05, 0) is 29.8 Å². The normalized spacial score (nSPS) is 19.7. The van der Waals surface area contributed by atoms with Crippen molar-refractivity contribution in [3.63, 3.8) is 0 Å². The van der Waals surface area contributed by atoms with E-state index in [1.807, 2.05) is 13.8 Å². The minimum Gasteiger partial charge on any atom is -0.746 e. The average Bonchev–Trinajstić information content (AvgIpc) is 2.43. The number of phosphoric ester groups is 1. The number of halogens is 2. The highest BCUT2D eigenvalue weighted by molar-refractivity contribution is 7.45. The van der Waals surface area contributed by atoms with Crippen molar-refractivity contribution in [1.29, 1.82) is 0 Å². The highest BCUT2D eigenvalue weighted by atomic mass is 35.5. The molecule has 1 heterocycles. The molecule has 0 radical (unpaired) electrons. The van der Waals surface area contributed by atoms with Crippen LogP contribution in [0.5, 0.6) is 5.75 Å². The van der Waals surface area contributed by atoms with Crippen LogP contribution in [0.15, 0.2) is 44.9 Å². The Morgan fingerprint density at radius 2 is 1.88 bits per heavy atom. The number of allylic oxidation sites excluding steroid dienone is 4. The lowest BCUT2D eigenvalue weighted by atomic mass is 9.71. The number of hydrogen-bond acceptors (Lipinski definition) is 5. The SMILES string of the molecule is CC1(C)C2=C(Cl)C(=O)C(Cl)=CC2=Nc2ccc(OP(=O)([O-])O)cc21.[NH4+].[NH4+]. The van der Waals surface area contributed by atoms with E-state index in [2.05, 4.69) is 9.52 Å². The molecule has 8 nitrogen and oxygen atoms in total. The molecule has 1 unspecified atom stereocenters. The molecule has 2 aliphatic rings. The first-order chi connectivity index (χ1) is 11.0. The van der Waals surface area contributed by atoms with Crippen molar-refractivity contribution >= 4 is 48.2 Å². The topological polar surface area (TPSA) is 172 Å². The van der Waals surface area contributed by atoms with E-state index in [0.717, 1.165) is 0 Å². The number of carbonyl (C=O) groups is 1. The third-order valence-electron chi connectivity index (χ3n) is 3.88. The molecule has 11 heteroatoms. The highest BCUT2D eigenvalue weighted by Crippen LogP contribution is 2.48. The molecule has 1 aromatic carbocycles. The summed E-state index contributed by atoms with van der Waals surface area (Å²) in [7, 11) is -4.93. The molecule has 9 N–H and O–H groups in total. The van der Waals surface area contributed by atoms with Gasteiger partial charge in [0.1, 0.15) is 5.75 Å². The lowest BCUT2D eigenvalue weighted by Crippen LogP contribution is -2.32. The van der Waals surface area contributed by atoms with Crippen LogP contribution in [0.4, 0.5) is 5.69 Å². The second kappa shape index (κ2) is 7.25. The predicted octanol–water partition coefficient (Wildman–Crippen LogP) is 3.84. The summed E-state index contributed by atoms with van der Waals surface area (Å²) in [4.78, 5) is 36.3. The molecular weight excluding hydrogens is 404 g/mol. The minimum absolute atomic E-state index is 0. The summed E-state index contributed by atoms with van der Waals surface area (Å²) in [6, 6.07) is 4.37. The van der Waals surface area contributed by atoms with Crippen LogP contribution in [-0.4, -0.2) is 16.4 Å². The molecule has 0 amide bonds. The van der Waals surface area contributed by atoms with Crippen molar-refractivity contribution in [2.24, 2.45) is 4.99 Å². The van der Waals surface area contributed by atoms with Crippen LogP contribution in [0.25, 0.3) is 0 Å². The number of carbonyl (C=O) groups excluding carboxylic acids is 1. The molecule has 1 atom stereocenters. The third-order valence-corrected chi connectivity index (χ3v) is 4.97. The van der Waals surface area contributed by atoms with E-state index in [1.165, 1.54) is 18.2 Å². The van der Waals surface area contributed by atoms with Crippen molar-refractivity contribution in [3.8, 4) is 5.75 Å². The van der Waals surface area contributed by atoms with Crippen LogP contribution in [0.3, 0.4) is 0 Å². The summed E-state index contributed by atoms with van der Waals surface area (Å²) in [5, 5.41) is -0.0471. The Hall–Kier alpha value is -1.51. The molecule has 0 saturated heterocycles. The van der Waals surface area contributed by atoms with Gasteiger partial charge in [0.25, 0.3) is 0 Å². The average molecular weight is 423 g/mol. The fraction of sp³-hybridized carbons (Fsp3) is 0.200. The maximum atomic E-state index is 12.1. The molecule has 142 valence electrons. The van der Waals surface area contributed by atoms with Crippen LogP contribution >= 0.6 is 31.0 Å². The highest BCUT2D eigenvalue weighted by Gasteiger charge is 2.40. The van der Waals surface area contributed by atoms with Crippen molar-refractivity contribution in [3.05, 3.63) is 45.5 Å². The first-order valence-electron chi connectivity index (χ1n) is 6.80. The summed E-state index contributed by atoms with van der Waals surface area (Å²) in [6.45, 7) is 3.64. The van der Waals surface area contributed by atoms with Gasteiger partial charge < -0.3 is 26.6 Å². The Morgan fingerprint density at radius 1 is 1.27 bits per heavy atom. The van der Waals surface area contributed by atoms with Crippen molar-refractivity contribution < 1.29 is 23.7 Å². The van der Waals surface area contributed by atoms with E-state index in [4.69, 9.17) is 28.1 Å². The summed E-state index contributed by atoms with van der Waals surface area (Å²) >= 11 is 12.1. The second-order valence-corrected chi connectivity index (χ2v) is 7.78. The first kappa shape index (κ1) is 22.5. The van der Waals surface area contributed by atoms with E-state index in [9.17, 15) is 14.3 Å². The number of ketones is 1. The summed E-state index contributed by atoms with van der Waals surface area (Å²) in [5.41, 5.74) is 1.38. The third kappa shape index (κ3) is 3.77. The summed E-state index contributed by atoms with van der Waals surface area (Å²) in [5.74, 6) is -0.552. The standard InChI is InChI=1S/C15H12Cl2NO5P.2H3N/c1-15(2)8-5-7(23-24(20,21)22)3-4-10(8)18-11-6-9(16)14(19)13(17)12(11)15;;/h3-6H,1-2H3,(H2,20,21,22);2*1H3/p+1. The number of phosphoric acid groups is 1. The lowest BCUT2D eigenvalue weighted by Gasteiger charge is -2.36. The van der Waals surface area contributed by atoms with Crippen molar-refractivity contribution in [1.82, 2.24) is 12.3 Å². The van der Waals surface area contributed by atoms with Gasteiger partial charge >= 0.3 is 7.82 Å². The van der Waals surface area contributed by atoms with E-state index < -0.39 is 19.0 Å². The van der Waals surface area contributed by atoms with Crippen LogP contribution in [-0.2, 0) is 14.8 Å². The Balaban J connectivity index is 0.00000169. The Kier molecular flexibility index (Phi) is 6.28. The lowest BCUT2D eigenvalue weighted by molar-refractivity contribution is -0.211. The van der Waals surface area contributed by atoms with Crippen LogP contribution in [0.2, 0.25) is 0 Å². The van der Waals surface area contributed by atoms with E-state index in [0.29, 0.717) is 22.5 Å². The van der Waals surface area contributed by atoms with Gasteiger partial charge in [0, 0.05) is 11.0 Å². The predicted molar refractivity (Wildman–Crippen MR) is 101 cm³/mol. The van der Waals surface area contributed by atoms with Gasteiger partial charge in [0.15, 0.2) is 0 Å². The molecular formula is C15H19Cl2N3O5P+. The van der Waals surface area contributed by atoms with Gasteiger partial charge in [0.05, 0.1) is 21.5 Å². The van der Waals surface area contributed by atoms with Crippen molar-refractivity contribution in [2.75, 3.05) is 0 Å². The molecule has 0 spiro atoms. The van der Waals surface area contributed by atoms with E-state index in [1.54, 1.807) is 6.07 Å². The van der Waals surface area contributed by atoms with Crippen LogP contribution < -0.4 is 21.7 Å². The molecule has 0 fully saturated rings. The number of hydrogen-bond donors (Lipinski definition) is 3. The number of fused-ring (bicyclic) bond motifs is 2. The molecule has 1 aliphatic carbocycles. The second-order valence-electron chi connectivity index (χ2n) is 5.87. The largest absolute Gasteiger partial charge is 0.746 e. The number of aliphatic imine (C=N–C) groups is 1. The smallest absolute Gasteiger partial charge is 0.317 e. The van der Waals surface area contributed by atoms with Gasteiger partial charge in [-0.1, -0.05) is 37.0 Å². The molecule has 1 aliphatic heterocycles. The number of quaternary nitrogens is 2. The van der Waals surface area contributed by atoms with Crippen molar-refractivity contribution in [2.45, 2.75) is 19.3 Å². The maximum absolute atomic E-state index is 12.1. The summed E-state index contributed by atoms with van der Waals surface area (Å²) in [6.07, 6.45) is 1.46. The van der Waals surface area contributed by atoms with Gasteiger partial charge in [-0.25, -0.2) is 4.99 Å². The molecule has 1 aromatic rings. The van der Waals surface area contributed by atoms with Gasteiger partial charge in [-0.3, -0.25) is 9.36 Å². The zero-order valence-electron chi connectivity index (χ0n) is 14.5.